The number of halogens is 1. The minimum absolute atomic E-state index is 0.0112. The van der Waals surface area contributed by atoms with Crippen molar-refractivity contribution in [3.05, 3.63) is 94.5 Å². The SMILES string of the molecule is [C-]#[N+]c1ccc(COc2cccc(C3CCN(Cc4nc5cc(C(=O)NCC(=O)N6C[C@@H](O)C[C@H]6C(=O)O)ccc5n4C[C@@H]4CCO4)CC3)n2)c(F)c1. The molecule has 3 fully saturated rings. The molecule has 276 valence electrons. The number of hydrogen-bond acceptors (Lipinski definition) is 9. The summed E-state index contributed by atoms with van der Waals surface area (Å²) in [5.74, 6) is -1.23. The maximum absolute atomic E-state index is 14.3. The van der Waals surface area contributed by atoms with Crippen LogP contribution in [0.1, 0.15) is 59.0 Å². The van der Waals surface area contributed by atoms with Crippen LogP contribution in [0.4, 0.5) is 10.1 Å². The summed E-state index contributed by atoms with van der Waals surface area (Å²) in [6.07, 6.45) is 1.82. The van der Waals surface area contributed by atoms with Gasteiger partial charge in [-0.25, -0.2) is 24.0 Å². The number of pyridine rings is 1. The van der Waals surface area contributed by atoms with Gasteiger partial charge in [-0.15, -0.1) is 0 Å². The van der Waals surface area contributed by atoms with Crippen molar-refractivity contribution in [2.75, 3.05) is 32.8 Å². The highest BCUT2D eigenvalue weighted by atomic mass is 19.1. The van der Waals surface area contributed by atoms with Crippen LogP contribution >= 0.6 is 0 Å². The fourth-order valence-corrected chi connectivity index (χ4v) is 7.16. The highest BCUT2D eigenvalue weighted by molar-refractivity contribution is 5.99. The molecule has 53 heavy (non-hydrogen) atoms. The van der Waals surface area contributed by atoms with Crippen molar-refractivity contribution in [2.24, 2.45) is 0 Å². The summed E-state index contributed by atoms with van der Waals surface area (Å²) in [7, 11) is 0. The van der Waals surface area contributed by atoms with Crippen LogP contribution in [0.15, 0.2) is 54.6 Å². The Balaban J connectivity index is 0.979. The van der Waals surface area contributed by atoms with Gasteiger partial charge in [0.1, 0.15) is 24.3 Å². The fraction of sp³-hybridized carbons (Fsp3) is 0.421. The van der Waals surface area contributed by atoms with Crippen molar-refractivity contribution in [3.8, 4) is 5.88 Å². The molecular weight excluding hydrogens is 685 g/mol. The number of nitrogens with zero attached hydrogens (tertiary/aromatic N) is 6. The summed E-state index contributed by atoms with van der Waals surface area (Å²) in [5, 5.41) is 21.9. The highest BCUT2D eigenvalue weighted by Gasteiger charge is 2.38. The zero-order valence-electron chi connectivity index (χ0n) is 29.0. The lowest BCUT2D eigenvalue weighted by Gasteiger charge is -2.32. The number of fused-ring (bicyclic) bond motifs is 1. The maximum Gasteiger partial charge on any atom is 0.326 e. The zero-order chi connectivity index (χ0) is 37.1. The molecule has 3 atom stereocenters. The van der Waals surface area contributed by atoms with E-state index < -0.39 is 42.3 Å². The van der Waals surface area contributed by atoms with Gasteiger partial charge >= 0.3 is 5.97 Å². The molecule has 0 bridgehead atoms. The van der Waals surface area contributed by atoms with E-state index >= 15 is 0 Å². The number of nitrogens with one attached hydrogen (secondary N) is 1. The first-order chi connectivity index (χ1) is 25.6. The first kappa shape index (κ1) is 36.0. The standard InChI is InChI=1S/C38H40FN7O7/c1-40-26-7-5-25(29(39)16-26)22-53-35-4-2-3-30(43-35)23-9-12-44(13-10-23)21-34-42-31-15-24(6-8-32(31)45(34)20-28-11-14-52-28)37(49)41-18-36(48)46-19-27(47)17-33(46)38(50)51/h2-8,15-16,23,27-28,33,47H,9-14,17-22H2,(H,41,49)(H,50,51)/t27-,28-,33-/m0/s1. The molecule has 2 aromatic heterocycles. The molecule has 0 aliphatic carbocycles. The number of β-amino-alcohol motifs (C(OH)–C–C–N with tert-alkyl or cyclic N) is 1. The van der Waals surface area contributed by atoms with E-state index in [0.29, 0.717) is 35.6 Å². The van der Waals surface area contributed by atoms with Gasteiger partial charge in [-0.05, 0) is 62.7 Å². The molecule has 0 unspecified atom stereocenters. The molecular formula is C38H40FN7O7. The number of benzene rings is 2. The van der Waals surface area contributed by atoms with Crippen molar-refractivity contribution < 1.29 is 38.5 Å². The monoisotopic (exact) mass is 725 g/mol. The van der Waals surface area contributed by atoms with E-state index in [1.54, 1.807) is 30.3 Å². The van der Waals surface area contributed by atoms with Gasteiger partial charge in [0.15, 0.2) is 5.69 Å². The Morgan fingerprint density at radius 3 is 2.60 bits per heavy atom. The second-order valence-electron chi connectivity index (χ2n) is 13.7. The van der Waals surface area contributed by atoms with Crippen molar-refractivity contribution in [1.29, 1.82) is 0 Å². The Kier molecular flexibility index (Phi) is 10.6. The number of rotatable bonds is 12. The minimum Gasteiger partial charge on any atom is -0.480 e. The summed E-state index contributed by atoms with van der Waals surface area (Å²) in [6, 6.07) is 14.1. The Bertz CT molecular complexity index is 2050. The van der Waals surface area contributed by atoms with Gasteiger partial charge in [0.2, 0.25) is 11.8 Å². The number of aliphatic carboxylic acids is 1. The van der Waals surface area contributed by atoms with Crippen LogP contribution in [0.2, 0.25) is 0 Å². The number of aliphatic hydroxyl groups excluding tert-OH is 1. The molecule has 5 heterocycles. The predicted molar refractivity (Wildman–Crippen MR) is 189 cm³/mol. The smallest absolute Gasteiger partial charge is 0.326 e. The van der Waals surface area contributed by atoms with E-state index in [2.05, 4.69) is 19.6 Å². The predicted octanol–water partition coefficient (Wildman–Crippen LogP) is 3.64. The molecule has 3 aliphatic heterocycles. The third-order valence-electron chi connectivity index (χ3n) is 10.2. The van der Waals surface area contributed by atoms with E-state index in [9.17, 15) is 29.0 Å². The average Bonchev–Trinajstić information content (AvgIpc) is 3.71. The van der Waals surface area contributed by atoms with E-state index in [4.69, 9.17) is 26.0 Å². The summed E-state index contributed by atoms with van der Waals surface area (Å²) in [5.41, 5.74) is 3.36. The number of aromatic nitrogens is 3. The number of imidazole rings is 1. The van der Waals surface area contributed by atoms with Crippen LogP contribution in [0.3, 0.4) is 0 Å². The Morgan fingerprint density at radius 1 is 1.08 bits per heavy atom. The molecule has 3 saturated heterocycles. The quantitative estimate of drug-likeness (QED) is 0.184. The van der Waals surface area contributed by atoms with Crippen molar-refractivity contribution >= 4 is 34.5 Å². The second-order valence-corrected chi connectivity index (χ2v) is 13.7. The van der Waals surface area contributed by atoms with Gasteiger partial charge in [0, 0.05) is 48.4 Å². The highest BCUT2D eigenvalue weighted by Crippen LogP contribution is 2.30. The molecule has 3 N–H and O–H groups in total. The molecule has 7 rings (SSSR count). The third kappa shape index (κ3) is 8.15. The van der Waals surface area contributed by atoms with Crippen LogP contribution in [0, 0.1) is 12.4 Å². The Morgan fingerprint density at radius 2 is 1.89 bits per heavy atom. The summed E-state index contributed by atoms with van der Waals surface area (Å²) in [6.45, 7) is 10.2. The van der Waals surface area contributed by atoms with Gasteiger partial charge in [-0.1, -0.05) is 18.2 Å². The average molecular weight is 726 g/mol. The van der Waals surface area contributed by atoms with E-state index in [1.807, 2.05) is 18.2 Å². The maximum atomic E-state index is 14.3. The Labute approximate surface area is 305 Å². The van der Waals surface area contributed by atoms with E-state index in [1.165, 1.54) is 6.07 Å². The topological polar surface area (TPSA) is 164 Å². The number of carboxylic acids is 1. The molecule has 2 aromatic carbocycles. The van der Waals surface area contributed by atoms with Crippen LogP contribution in [-0.4, -0.2) is 103 Å². The first-order valence-electron chi connectivity index (χ1n) is 17.7. The normalized spacial score (nSPS) is 20.5. The largest absolute Gasteiger partial charge is 0.480 e. The number of carbonyl (C=O) groups excluding carboxylic acids is 2. The number of carboxylic acid groups (broad SMARTS) is 1. The van der Waals surface area contributed by atoms with Crippen LogP contribution in [0.5, 0.6) is 5.88 Å². The molecule has 3 aliphatic rings. The molecule has 0 spiro atoms. The number of amides is 2. The Hall–Kier alpha value is -5.43. The second kappa shape index (κ2) is 15.7. The number of ether oxygens (including phenoxy) is 2. The number of piperidine rings is 1. The zero-order valence-corrected chi connectivity index (χ0v) is 29.0. The lowest BCUT2D eigenvalue weighted by molar-refractivity contribution is -0.147. The summed E-state index contributed by atoms with van der Waals surface area (Å²) in [4.78, 5) is 53.7. The molecule has 4 aromatic rings. The molecule has 14 nitrogen and oxygen atoms in total. The third-order valence-corrected chi connectivity index (χ3v) is 10.2. The molecule has 0 radical (unpaired) electrons. The first-order valence-corrected chi connectivity index (χ1v) is 17.7. The van der Waals surface area contributed by atoms with Crippen molar-refractivity contribution in [3.63, 3.8) is 0 Å². The van der Waals surface area contributed by atoms with Crippen molar-refractivity contribution in [2.45, 2.75) is 69.5 Å². The summed E-state index contributed by atoms with van der Waals surface area (Å²) >= 11 is 0. The van der Waals surface area contributed by atoms with Gasteiger partial charge in [-0.3, -0.25) is 14.5 Å². The van der Waals surface area contributed by atoms with Gasteiger partial charge in [-0.2, -0.15) is 0 Å². The van der Waals surface area contributed by atoms with Crippen LogP contribution in [-0.2, 0) is 34.0 Å². The van der Waals surface area contributed by atoms with Crippen LogP contribution < -0.4 is 10.1 Å². The lowest BCUT2D eigenvalue weighted by Crippen LogP contribution is -2.45. The van der Waals surface area contributed by atoms with Crippen LogP contribution in [0.25, 0.3) is 15.9 Å². The van der Waals surface area contributed by atoms with Crippen molar-refractivity contribution in [1.82, 2.24) is 29.7 Å². The van der Waals surface area contributed by atoms with Gasteiger partial charge in [0.05, 0.1) is 49.4 Å². The lowest BCUT2D eigenvalue weighted by atomic mass is 9.93. The minimum atomic E-state index is -1.19. The fourth-order valence-electron chi connectivity index (χ4n) is 7.16. The molecule has 2 amide bonds. The summed E-state index contributed by atoms with van der Waals surface area (Å²) < 4.78 is 28.1. The molecule has 15 heteroatoms. The van der Waals surface area contributed by atoms with Gasteiger partial charge < -0.3 is 34.5 Å². The van der Waals surface area contributed by atoms with E-state index in [-0.39, 0.29) is 37.3 Å². The number of hydrogen-bond donors (Lipinski definition) is 3. The number of carbonyl (C=O) groups is 3. The molecule has 0 saturated carbocycles. The van der Waals surface area contributed by atoms with E-state index in [0.717, 1.165) is 60.9 Å². The number of aliphatic hydroxyl groups is 1. The van der Waals surface area contributed by atoms with Gasteiger partial charge in [0.25, 0.3) is 5.91 Å². The number of likely N-dealkylation sites (tertiary alicyclic amines) is 2.